The Kier molecular flexibility index (Phi) is 3.71. The van der Waals surface area contributed by atoms with Crippen LogP contribution in [0.25, 0.3) is 5.69 Å². The van der Waals surface area contributed by atoms with Gasteiger partial charge in [0, 0.05) is 22.8 Å². The van der Waals surface area contributed by atoms with Crippen LogP contribution in [0, 0.1) is 0 Å². The molecule has 0 aliphatic heterocycles. The quantitative estimate of drug-likeness (QED) is 0.800. The van der Waals surface area contributed by atoms with Gasteiger partial charge >= 0.3 is 0 Å². The third-order valence-electron chi connectivity index (χ3n) is 2.94. The predicted octanol–water partition coefficient (Wildman–Crippen LogP) is 3.78. The van der Waals surface area contributed by atoms with E-state index in [0.717, 1.165) is 5.69 Å². The number of carbonyl (C=O) groups excluding carboxylic acids is 1. The van der Waals surface area contributed by atoms with Crippen molar-refractivity contribution in [1.82, 2.24) is 9.78 Å². The molecule has 0 aliphatic rings. The second-order valence-corrected chi connectivity index (χ2v) is 4.88. The van der Waals surface area contributed by atoms with Gasteiger partial charge in [0.25, 0.3) is 5.91 Å². The van der Waals surface area contributed by atoms with Crippen LogP contribution in [0.15, 0.2) is 66.9 Å². The van der Waals surface area contributed by atoms with Crippen LogP contribution in [0.4, 0.5) is 5.82 Å². The smallest absolute Gasteiger partial charge is 0.256 e. The van der Waals surface area contributed by atoms with Crippen LogP contribution in [0.3, 0.4) is 0 Å². The van der Waals surface area contributed by atoms with E-state index < -0.39 is 0 Å². The Morgan fingerprint density at radius 2 is 1.86 bits per heavy atom. The highest BCUT2D eigenvalue weighted by atomic mass is 35.5. The summed E-state index contributed by atoms with van der Waals surface area (Å²) in [5.74, 6) is 0.250. The zero-order valence-electron chi connectivity index (χ0n) is 11.0. The van der Waals surface area contributed by atoms with Gasteiger partial charge in [0.2, 0.25) is 0 Å². The third-order valence-corrected chi connectivity index (χ3v) is 3.17. The molecular formula is C16H12ClN3O. The molecule has 21 heavy (non-hydrogen) atoms. The molecule has 0 saturated carbocycles. The highest BCUT2D eigenvalue weighted by Gasteiger charge is 2.08. The van der Waals surface area contributed by atoms with Crippen molar-refractivity contribution in [2.45, 2.75) is 0 Å². The second kappa shape index (κ2) is 5.81. The molecule has 1 N–H and O–H groups in total. The van der Waals surface area contributed by atoms with Gasteiger partial charge in [-0.05, 0) is 30.3 Å². The molecule has 1 heterocycles. The number of anilines is 1. The number of para-hydroxylation sites is 1. The lowest BCUT2D eigenvalue weighted by molar-refractivity contribution is 0.102. The lowest BCUT2D eigenvalue weighted by Gasteiger charge is -2.03. The van der Waals surface area contributed by atoms with Crippen molar-refractivity contribution in [2.75, 3.05) is 5.32 Å². The summed E-state index contributed by atoms with van der Waals surface area (Å²) in [6.45, 7) is 0. The maximum absolute atomic E-state index is 12.1. The van der Waals surface area contributed by atoms with Crippen molar-refractivity contribution < 1.29 is 4.79 Å². The molecule has 0 fully saturated rings. The molecule has 104 valence electrons. The van der Waals surface area contributed by atoms with Gasteiger partial charge in [0.05, 0.1) is 5.69 Å². The first-order valence-electron chi connectivity index (χ1n) is 6.40. The average Bonchev–Trinajstić information content (AvgIpc) is 2.97. The van der Waals surface area contributed by atoms with E-state index in [4.69, 9.17) is 11.6 Å². The molecule has 0 atom stereocenters. The van der Waals surface area contributed by atoms with Gasteiger partial charge in [0.15, 0.2) is 5.82 Å². The van der Waals surface area contributed by atoms with Gasteiger partial charge in [-0.1, -0.05) is 35.9 Å². The van der Waals surface area contributed by atoms with Crippen molar-refractivity contribution in [3.8, 4) is 5.69 Å². The van der Waals surface area contributed by atoms with Crippen LogP contribution in [-0.2, 0) is 0 Å². The number of aromatic nitrogens is 2. The first-order valence-corrected chi connectivity index (χ1v) is 6.78. The molecule has 4 nitrogen and oxygen atoms in total. The van der Waals surface area contributed by atoms with Crippen LogP contribution in [0.2, 0.25) is 5.02 Å². The standard InChI is InChI=1S/C16H12ClN3O/c17-13-6-4-5-12(11-13)16(21)18-15-9-10-20(19-15)14-7-2-1-3-8-14/h1-11H,(H,18,19,21). The summed E-state index contributed by atoms with van der Waals surface area (Å²) < 4.78 is 1.70. The largest absolute Gasteiger partial charge is 0.305 e. The minimum Gasteiger partial charge on any atom is -0.305 e. The fraction of sp³-hybridized carbons (Fsp3) is 0. The van der Waals surface area contributed by atoms with Crippen LogP contribution in [-0.4, -0.2) is 15.7 Å². The normalized spacial score (nSPS) is 10.3. The molecule has 0 radical (unpaired) electrons. The van der Waals surface area contributed by atoms with Gasteiger partial charge < -0.3 is 5.32 Å². The molecular weight excluding hydrogens is 286 g/mol. The molecule has 5 heteroatoms. The summed E-state index contributed by atoms with van der Waals surface area (Å²) in [6, 6.07) is 18.2. The monoisotopic (exact) mass is 297 g/mol. The van der Waals surface area contributed by atoms with Crippen molar-refractivity contribution in [3.63, 3.8) is 0 Å². The molecule has 0 spiro atoms. The maximum Gasteiger partial charge on any atom is 0.256 e. The van der Waals surface area contributed by atoms with Crippen molar-refractivity contribution >= 4 is 23.3 Å². The number of amides is 1. The Labute approximate surface area is 127 Å². The Bertz CT molecular complexity index is 768. The predicted molar refractivity (Wildman–Crippen MR) is 83.0 cm³/mol. The summed E-state index contributed by atoms with van der Waals surface area (Å²) in [7, 11) is 0. The van der Waals surface area contributed by atoms with Crippen molar-refractivity contribution in [3.05, 3.63) is 77.4 Å². The molecule has 1 amide bonds. The van der Waals surface area contributed by atoms with E-state index in [9.17, 15) is 4.79 Å². The number of hydrogen-bond donors (Lipinski definition) is 1. The van der Waals surface area contributed by atoms with E-state index in [-0.39, 0.29) is 5.91 Å². The minimum absolute atomic E-state index is 0.240. The third kappa shape index (κ3) is 3.12. The van der Waals surface area contributed by atoms with E-state index >= 15 is 0 Å². The maximum atomic E-state index is 12.1. The van der Waals surface area contributed by atoms with Gasteiger partial charge in [-0.3, -0.25) is 4.79 Å². The fourth-order valence-corrected chi connectivity index (χ4v) is 2.12. The lowest BCUT2D eigenvalue weighted by Crippen LogP contribution is -2.12. The summed E-state index contributed by atoms with van der Waals surface area (Å²) in [4.78, 5) is 12.1. The van der Waals surface area contributed by atoms with Gasteiger partial charge in [-0.25, -0.2) is 4.68 Å². The zero-order chi connectivity index (χ0) is 14.7. The number of nitrogens with zero attached hydrogens (tertiary/aromatic N) is 2. The number of rotatable bonds is 3. The SMILES string of the molecule is O=C(Nc1ccn(-c2ccccc2)n1)c1cccc(Cl)c1. The summed E-state index contributed by atoms with van der Waals surface area (Å²) >= 11 is 5.88. The zero-order valence-corrected chi connectivity index (χ0v) is 11.8. The second-order valence-electron chi connectivity index (χ2n) is 4.45. The Morgan fingerprint density at radius 3 is 2.62 bits per heavy atom. The molecule has 0 saturated heterocycles. The topological polar surface area (TPSA) is 46.9 Å². The van der Waals surface area contributed by atoms with Crippen LogP contribution in [0.5, 0.6) is 0 Å². The van der Waals surface area contributed by atoms with E-state index in [1.807, 2.05) is 30.3 Å². The van der Waals surface area contributed by atoms with Crippen LogP contribution in [0.1, 0.15) is 10.4 Å². The number of hydrogen-bond acceptors (Lipinski definition) is 2. The van der Waals surface area contributed by atoms with Gasteiger partial charge in [0.1, 0.15) is 0 Å². The highest BCUT2D eigenvalue weighted by molar-refractivity contribution is 6.31. The lowest BCUT2D eigenvalue weighted by atomic mass is 10.2. The fourth-order valence-electron chi connectivity index (χ4n) is 1.93. The van der Waals surface area contributed by atoms with Crippen molar-refractivity contribution in [1.29, 1.82) is 0 Å². The minimum atomic E-state index is -0.240. The summed E-state index contributed by atoms with van der Waals surface area (Å²) in [5.41, 5.74) is 1.43. The molecule has 2 aromatic carbocycles. The Hall–Kier alpha value is -2.59. The number of nitrogens with one attached hydrogen (secondary N) is 1. The average molecular weight is 298 g/mol. The molecule has 0 bridgehead atoms. The molecule has 3 aromatic rings. The van der Waals surface area contributed by atoms with E-state index in [2.05, 4.69) is 10.4 Å². The Morgan fingerprint density at radius 1 is 1.05 bits per heavy atom. The Balaban J connectivity index is 1.77. The van der Waals surface area contributed by atoms with E-state index in [1.165, 1.54) is 0 Å². The number of carbonyl (C=O) groups is 1. The van der Waals surface area contributed by atoms with Gasteiger partial charge in [-0.15, -0.1) is 0 Å². The molecule has 3 rings (SSSR count). The molecule has 1 aromatic heterocycles. The van der Waals surface area contributed by atoms with Crippen molar-refractivity contribution in [2.24, 2.45) is 0 Å². The first-order chi connectivity index (χ1) is 10.2. The van der Waals surface area contributed by atoms with E-state index in [0.29, 0.717) is 16.4 Å². The summed E-state index contributed by atoms with van der Waals surface area (Å²) in [5, 5.41) is 7.59. The summed E-state index contributed by atoms with van der Waals surface area (Å²) in [6.07, 6.45) is 1.79. The van der Waals surface area contributed by atoms with E-state index in [1.54, 1.807) is 41.2 Å². The highest BCUT2D eigenvalue weighted by Crippen LogP contribution is 2.14. The van der Waals surface area contributed by atoms with Crippen LogP contribution >= 0.6 is 11.6 Å². The number of benzene rings is 2. The molecule has 0 unspecified atom stereocenters. The number of halogens is 1. The van der Waals surface area contributed by atoms with Crippen LogP contribution < -0.4 is 5.32 Å². The van der Waals surface area contributed by atoms with Gasteiger partial charge in [-0.2, -0.15) is 5.10 Å². The molecule has 0 aliphatic carbocycles. The first kappa shape index (κ1) is 13.4.